The van der Waals surface area contributed by atoms with Crippen LogP contribution in [0.5, 0.6) is 0 Å². The predicted molar refractivity (Wildman–Crippen MR) is 50.8 cm³/mol. The van der Waals surface area contributed by atoms with Crippen LogP contribution in [0, 0.1) is 5.92 Å². The number of ether oxygens (including phenoxy) is 3. The average Bonchev–Trinajstić information content (AvgIpc) is 2.59. The lowest BCUT2D eigenvalue weighted by Crippen LogP contribution is -2.26. The fourth-order valence-electron chi connectivity index (χ4n) is 1.57. The van der Waals surface area contributed by atoms with Gasteiger partial charge in [-0.1, -0.05) is 0 Å². The fraction of sp³-hybridized carbons (Fsp3) is 1.00. The number of hydrogen-bond donors (Lipinski definition) is 0. The van der Waals surface area contributed by atoms with Gasteiger partial charge >= 0.3 is 0 Å². The highest BCUT2D eigenvalue weighted by atomic mass is 16.5. The molecule has 2 unspecified atom stereocenters. The molecule has 1 heterocycles. The minimum absolute atomic E-state index is 0.256. The molecule has 1 fully saturated rings. The Kier molecular flexibility index (Phi) is 5.35. The van der Waals surface area contributed by atoms with Crippen LogP contribution in [0.15, 0.2) is 0 Å². The van der Waals surface area contributed by atoms with Gasteiger partial charge < -0.3 is 14.2 Å². The number of hydrogen-bond acceptors (Lipinski definition) is 3. The van der Waals surface area contributed by atoms with Gasteiger partial charge in [-0.15, -0.1) is 0 Å². The monoisotopic (exact) mass is 188 g/mol. The lowest BCUT2D eigenvalue weighted by atomic mass is 10.0. The Morgan fingerprint density at radius 2 is 1.85 bits per heavy atom. The van der Waals surface area contributed by atoms with Crippen molar-refractivity contribution in [2.75, 3.05) is 33.0 Å². The Labute approximate surface area is 80.4 Å². The van der Waals surface area contributed by atoms with Crippen molar-refractivity contribution in [2.24, 2.45) is 5.92 Å². The van der Waals surface area contributed by atoms with Crippen LogP contribution < -0.4 is 0 Å². The highest BCUT2D eigenvalue weighted by Crippen LogP contribution is 2.21. The quantitative estimate of drug-likeness (QED) is 0.631. The molecule has 0 aliphatic carbocycles. The molecule has 0 bridgehead atoms. The van der Waals surface area contributed by atoms with Crippen molar-refractivity contribution in [2.45, 2.75) is 26.4 Å². The Bertz CT molecular complexity index is 113. The summed E-state index contributed by atoms with van der Waals surface area (Å²) in [4.78, 5) is 0. The van der Waals surface area contributed by atoms with Crippen LogP contribution >= 0.6 is 0 Å². The van der Waals surface area contributed by atoms with Gasteiger partial charge in [-0.3, -0.25) is 0 Å². The predicted octanol–water partition coefficient (Wildman–Crippen LogP) is 1.46. The van der Waals surface area contributed by atoms with Crippen molar-refractivity contribution in [1.29, 1.82) is 0 Å². The van der Waals surface area contributed by atoms with Crippen LogP contribution in [0.3, 0.4) is 0 Å². The maximum atomic E-state index is 5.56. The van der Waals surface area contributed by atoms with Gasteiger partial charge in [-0.25, -0.2) is 0 Å². The van der Waals surface area contributed by atoms with Gasteiger partial charge in [0.2, 0.25) is 0 Å². The van der Waals surface area contributed by atoms with E-state index in [1.807, 2.05) is 13.8 Å². The number of rotatable bonds is 6. The topological polar surface area (TPSA) is 27.7 Å². The molecule has 3 heteroatoms. The van der Waals surface area contributed by atoms with E-state index in [-0.39, 0.29) is 6.10 Å². The summed E-state index contributed by atoms with van der Waals surface area (Å²) in [6.07, 6.45) is 1.36. The fourth-order valence-corrected chi connectivity index (χ4v) is 1.57. The normalized spacial score (nSPS) is 28.2. The van der Waals surface area contributed by atoms with Crippen LogP contribution in [0.4, 0.5) is 0 Å². The first-order valence-corrected chi connectivity index (χ1v) is 5.15. The van der Waals surface area contributed by atoms with Gasteiger partial charge in [0.15, 0.2) is 0 Å². The molecule has 1 aliphatic rings. The van der Waals surface area contributed by atoms with Crippen LogP contribution in [0.2, 0.25) is 0 Å². The van der Waals surface area contributed by atoms with Crippen LogP contribution in [0.25, 0.3) is 0 Å². The van der Waals surface area contributed by atoms with Gasteiger partial charge in [-0.05, 0) is 20.3 Å². The minimum atomic E-state index is 0.256. The Hall–Kier alpha value is -0.120. The van der Waals surface area contributed by atoms with Crippen molar-refractivity contribution >= 4 is 0 Å². The summed E-state index contributed by atoms with van der Waals surface area (Å²) in [5.41, 5.74) is 0. The van der Waals surface area contributed by atoms with Crippen molar-refractivity contribution in [3.63, 3.8) is 0 Å². The summed E-state index contributed by atoms with van der Waals surface area (Å²) in [6.45, 7) is 7.97. The molecule has 0 amide bonds. The summed E-state index contributed by atoms with van der Waals surface area (Å²) >= 11 is 0. The molecule has 1 saturated heterocycles. The molecule has 3 nitrogen and oxygen atoms in total. The molecular weight excluding hydrogens is 168 g/mol. The first-order chi connectivity index (χ1) is 6.38. The molecule has 0 spiro atoms. The molecule has 0 aromatic heterocycles. The molecule has 0 aromatic carbocycles. The lowest BCUT2D eigenvalue weighted by Gasteiger charge is -2.17. The molecule has 1 rings (SSSR count). The second-order valence-corrected chi connectivity index (χ2v) is 3.28. The summed E-state index contributed by atoms with van der Waals surface area (Å²) < 4.78 is 16.3. The molecule has 2 atom stereocenters. The van der Waals surface area contributed by atoms with Crippen molar-refractivity contribution < 1.29 is 14.2 Å². The minimum Gasteiger partial charge on any atom is -0.381 e. The summed E-state index contributed by atoms with van der Waals surface area (Å²) in [5.74, 6) is 0.534. The molecule has 0 aromatic rings. The second-order valence-electron chi connectivity index (χ2n) is 3.28. The third-order valence-corrected chi connectivity index (χ3v) is 2.37. The zero-order valence-electron chi connectivity index (χ0n) is 8.62. The molecule has 1 aliphatic heterocycles. The van der Waals surface area contributed by atoms with Crippen LogP contribution in [-0.2, 0) is 14.2 Å². The Morgan fingerprint density at radius 3 is 2.54 bits per heavy atom. The Balaban J connectivity index is 2.18. The van der Waals surface area contributed by atoms with Crippen LogP contribution in [0.1, 0.15) is 20.3 Å². The smallest absolute Gasteiger partial charge is 0.0859 e. The molecular formula is C10H20O3. The van der Waals surface area contributed by atoms with E-state index in [0.29, 0.717) is 12.5 Å². The van der Waals surface area contributed by atoms with Crippen LogP contribution in [-0.4, -0.2) is 39.1 Å². The third kappa shape index (κ3) is 3.63. The van der Waals surface area contributed by atoms with E-state index in [1.54, 1.807) is 0 Å². The van der Waals surface area contributed by atoms with E-state index in [2.05, 4.69) is 0 Å². The standard InChI is InChI=1S/C10H20O3/c1-3-11-7-9-5-6-13-10(9)8-12-4-2/h9-10H,3-8H2,1-2H3. The zero-order valence-corrected chi connectivity index (χ0v) is 8.62. The van der Waals surface area contributed by atoms with Crippen molar-refractivity contribution in [3.05, 3.63) is 0 Å². The SMILES string of the molecule is CCOCC1CCOC1COCC. The van der Waals surface area contributed by atoms with Crippen molar-refractivity contribution in [3.8, 4) is 0 Å². The van der Waals surface area contributed by atoms with Gasteiger partial charge in [0.1, 0.15) is 0 Å². The molecule has 0 radical (unpaired) electrons. The van der Waals surface area contributed by atoms with Gasteiger partial charge in [0.05, 0.1) is 19.3 Å². The zero-order chi connectivity index (χ0) is 9.52. The maximum absolute atomic E-state index is 5.56. The summed E-state index contributed by atoms with van der Waals surface area (Å²) in [7, 11) is 0. The Morgan fingerprint density at radius 1 is 1.15 bits per heavy atom. The van der Waals surface area contributed by atoms with Gasteiger partial charge in [0, 0.05) is 25.7 Å². The van der Waals surface area contributed by atoms with Gasteiger partial charge in [-0.2, -0.15) is 0 Å². The average molecular weight is 188 g/mol. The molecule has 13 heavy (non-hydrogen) atoms. The molecule has 0 N–H and O–H groups in total. The van der Waals surface area contributed by atoms with E-state index in [1.165, 1.54) is 0 Å². The highest BCUT2D eigenvalue weighted by molar-refractivity contribution is 4.75. The molecule has 78 valence electrons. The second kappa shape index (κ2) is 6.35. The first-order valence-electron chi connectivity index (χ1n) is 5.15. The summed E-state index contributed by atoms with van der Waals surface area (Å²) in [5, 5.41) is 0. The maximum Gasteiger partial charge on any atom is 0.0859 e. The van der Waals surface area contributed by atoms with E-state index in [9.17, 15) is 0 Å². The third-order valence-electron chi connectivity index (χ3n) is 2.37. The van der Waals surface area contributed by atoms with E-state index >= 15 is 0 Å². The van der Waals surface area contributed by atoms with E-state index < -0.39 is 0 Å². The summed E-state index contributed by atoms with van der Waals surface area (Å²) in [6, 6.07) is 0. The largest absolute Gasteiger partial charge is 0.381 e. The lowest BCUT2D eigenvalue weighted by molar-refractivity contribution is -0.0120. The first kappa shape index (κ1) is 11.0. The van der Waals surface area contributed by atoms with Gasteiger partial charge in [0.25, 0.3) is 0 Å². The molecule has 0 saturated carbocycles. The van der Waals surface area contributed by atoms with E-state index in [0.717, 1.165) is 32.8 Å². The van der Waals surface area contributed by atoms with Crippen molar-refractivity contribution in [1.82, 2.24) is 0 Å². The van der Waals surface area contributed by atoms with E-state index in [4.69, 9.17) is 14.2 Å². The highest BCUT2D eigenvalue weighted by Gasteiger charge is 2.28.